The normalized spacial score (nSPS) is 13.2. The summed E-state index contributed by atoms with van der Waals surface area (Å²) in [6.45, 7) is 2.69. The number of hydrogen-bond acceptors (Lipinski definition) is 4. The van der Waals surface area contributed by atoms with E-state index in [0.29, 0.717) is 12.2 Å². The zero-order valence-electron chi connectivity index (χ0n) is 18.7. The van der Waals surface area contributed by atoms with Gasteiger partial charge < -0.3 is 13.9 Å². The Labute approximate surface area is 184 Å². The zero-order valence-corrected chi connectivity index (χ0v) is 18.7. The second kappa shape index (κ2) is 10.0. The molecule has 0 atom stereocenters. The summed E-state index contributed by atoms with van der Waals surface area (Å²) in [5, 5.41) is 1.09. The molecule has 0 saturated carbocycles. The van der Waals surface area contributed by atoms with Gasteiger partial charge in [0.1, 0.15) is 23.7 Å². The van der Waals surface area contributed by atoms with Crippen molar-refractivity contribution in [1.82, 2.24) is 0 Å². The van der Waals surface area contributed by atoms with Gasteiger partial charge in [0.05, 0.1) is 7.11 Å². The van der Waals surface area contributed by atoms with Gasteiger partial charge in [0, 0.05) is 17.0 Å². The van der Waals surface area contributed by atoms with Gasteiger partial charge in [-0.25, -0.2) is 4.79 Å². The highest BCUT2D eigenvalue weighted by Gasteiger charge is 2.20. The number of ether oxygens (including phenoxy) is 2. The van der Waals surface area contributed by atoms with E-state index < -0.39 is 0 Å². The molecular formula is C27H32O4. The number of rotatable bonds is 9. The van der Waals surface area contributed by atoms with Gasteiger partial charge in [-0.3, -0.25) is 0 Å². The number of hydrogen-bond donors (Lipinski definition) is 0. The number of fused-ring (bicyclic) bond motifs is 3. The van der Waals surface area contributed by atoms with Gasteiger partial charge in [0.15, 0.2) is 0 Å². The minimum Gasteiger partial charge on any atom is -0.497 e. The Bertz CT molecular complexity index is 1080. The molecule has 0 amide bonds. The van der Waals surface area contributed by atoms with Crippen molar-refractivity contribution < 1.29 is 13.9 Å². The van der Waals surface area contributed by atoms with E-state index in [1.54, 1.807) is 7.11 Å². The van der Waals surface area contributed by atoms with Crippen LogP contribution in [0, 0.1) is 0 Å². The van der Waals surface area contributed by atoms with Crippen molar-refractivity contribution in [2.75, 3.05) is 7.11 Å². The molecule has 0 N–H and O–H groups in total. The lowest BCUT2D eigenvalue weighted by molar-refractivity contribution is 0.302. The maximum atomic E-state index is 12.5. The average molecular weight is 421 g/mol. The lowest BCUT2D eigenvalue weighted by atomic mass is 9.89. The van der Waals surface area contributed by atoms with Crippen LogP contribution in [0.15, 0.2) is 45.6 Å². The number of unbranched alkanes of at least 4 members (excludes halogenated alkanes) is 3. The molecule has 4 rings (SSSR count). The summed E-state index contributed by atoms with van der Waals surface area (Å²) in [5.41, 5.74) is 4.81. The number of methoxy groups -OCH3 is 1. The van der Waals surface area contributed by atoms with Crippen LogP contribution >= 0.6 is 0 Å². The summed E-state index contributed by atoms with van der Waals surface area (Å²) in [4.78, 5) is 12.5. The first-order chi connectivity index (χ1) is 15.2. The summed E-state index contributed by atoms with van der Waals surface area (Å²) < 4.78 is 17.2. The van der Waals surface area contributed by atoms with Crippen molar-refractivity contribution in [3.8, 4) is 11.5 Å². The summed E-state index contributed by atoms with van der Waals surface area (Å²) in [7, 11) is 1.66. The van der Waals surface area contributed by atoms with Crippen LogP contribution in [-0.4, -0.2) is 7.11 Å². The van der Waals surface area contributed by atoms with E-state index in [2.05, 4.69) is 13.0 Å². The predicted octanol–water partition coefficient (Wildman–Crippen LogP) is 6.38. The Morgan fingerprint density at radius 2 is 1.74 bits per heavy atom. The monoisotopic (exact) mass is 420 g/mol. The van der Waals surface area contributed by atoms with E-state index in [9.17, 15) is 4.79 Å². The second-order valence-corrected chi connectivity index (χ2v) is 8.46. The third-order valence-electron chi connectivity index (χ3n) is 6.26. The maximum Gasteiger partial charge on any atom is 0.339 e. The van der Waals surface area contributed by atoms with Crippen molar-refractivity contribution in [1.29, 1.82) is 0 Å². The fraction of sp³-hybridized carbons (Fsp3) is 0.444. The summed E-state index contributed by atoms with van der Waals surface area (Å²) >= 11 is 0. The van der Waals surface area contributed by atoms with Crippen LogP contribution in [0.1, 0.15) is 67.7 Å². The first-order valence-electron chi connectivity index (χ1n) is 11.6. The standard InChI is InChI=1S/C27H32O4/c1-3-4-5-6-9-20-16-24-22-10-7-8-11-23(22)27(28)31-26(24)17-25(20)30-18-19-12-14-21(29-2)15-13-19/h12-17H,3-11,18H2,1-2H3. The predicted molar refractivity (Wildman–Crippen MR) is 124 cm³/mol. The maximum absolute atomic E-state index is 12.5. The fourth-order valence-corrected chi connectivity index (χ4v) is 4.47. The molecule has 0 spiro atoms. The lowest BCUT2D eigenvalue weighted by Gasteiger charge is -2.18. The summed E-state index contributed by atoms with van der Waals surface area (Å²) in [5.74, 6) is 1.65. The smallest absolute Gasteiger partial charge is 0.339 e. The van der Waals surface area contributed by atoms with Gasteiger partial charge in [0.2, 0.25) is 0 Å². The van der Waals surface area contributed by atoms with Crippen LogP contribution in [0.3, 0.4) is 0 Å². The van der Waals surface area contributed by atoms with E-state index in [4.69, 9.17) is 13.9 Å². The van der Waals surface area contributed by atoms with Crippen molar-refractivity contribution in [3.63, 3.8) is 0 Å². The molecule has 0 bridgehead atoms. The van der Waals surface area contributed by atoms with E-state index in [1.807, 2.05) is 30.3 Å². The van der Waals surface area contributed by atoms with Gasteiger partial charge in [-0.05, 0) is 73.4 Å². The summed E-state index contributed by atoms with van der Waals surface area (Å²) in [6, 6.07) is 12.1. The molecule has 0 radical (unpaired) electrons. The van der Waals surface area contributed by atoms with Crippen LogP contribution in [0.25, 0.3) is 11.0 Å². The highest BCUT2D eigenvalue weighted by atomic mass is 16.5. The molecule has 0 fully saturated rings. The van der Waals surface area contributed by atoms with Crippen molar-refractivity contribution in [3.05, 3.63) is 69.1 Å². The molecule has 1 aliphatic rings. The fourth-order valence-electron chi connectivity index (χ4n) is 4.47. The molecule has 164 valence electrons. The molecule has 1 aliphatic carbocycles. The van der Waals surface area contributed by atoms with E-state index in [1.165, 1.54) is 30.4 Å². The Morgan fingerprint density at radius 3 is 2.48 bits per heavy atom. The van der Waals surface area contributed by atoms with Crippen LogP contribution in [0.4, 0.5) is 0 Å². The number of benzene rings is 2. The zero-order chi connectivity index (χ0) is 21.6. The Balaban J connectivity index is 1.66. The van der Waals surface area contributed by atoms with Crippen LogP contribution in [0.5, 0.6) is 11.5 Å². The molecule has 0 aliphatic heterocycles. The van der Waals surface area contributed by atoms with Gasteiger partial charge in [-0.15, -0.1) is 0 Å². The van der Waals surface area contributed by atoms with Gasteiger partial charge >= 0.3 is 5.63 Å². The highest BCUT2D eigenvalue weighted by molar-refractivity contribution is 5.84. The molecular weight excluding hydrogens is 388 g/mol. The Morgan fingerprint density at radius 1 is 0.968 bits per heavy atom. The quantitative estimate of drug-likeness (QED) is 0.298. The third-order valence-corrected chi connectivity index (χ3v) is 6.26. The third kappa shape index (κ3) is 4.95. The first kappa shape index (κ1) is 21.5. The molecule has 1 aromatic heterocycles. The Kier molecular flexibility index (Phi) is 6.96. The van der Waals surface area contributed by atoms with Gasteiger partial charge in [0.25, 0.3) is 0 Å². The Hall–Kier alpha value is -2.75. The molecule has 3 aromatic rings. The van der Waals surface area contributed by atoms with Crippen molar-refractivity contribution in [2.24, 2.45) is 0 Å². The van der Waals surface area contributed by atoms with Crippen LogP contribution in [0.2, 0.25) is 0 Å². The topological polar surface area (TPSA) is 48.7 Å². The molecule has 4 heteroatoms. The van der Waals surface area contributed by atoms with Crippen molar-refractivity contribution >= 4 is 11.0 Å². The molecule has 4 nitrogen and oxygen atoms in total. The lowest BCUT2D eigenvalue weighted by Crippen LogP contribution is -2.16. The molecule has 0 unspecified atom stereocenters. The largest absolute Gasteiger partial charge is 0.497 e. The molecule has 2 aromatic carbocycles. The van der Waals surface area contributed by atoms with Crippen LogP contribution in [-0.2, 0) is 25.9 Å². The van der Waals surface area contributed by atoms with Crippen molar-refractivity contribution in [2.45, 2.75) is 71.3 Å². The second-order valence-electron chi connectivity index (χ2n) is 8.46. The van der Waals surface area contributed by atoms with Gasteiger partial charge in [-0.2, -0.15) is 0 Å². The van der Waals surface area contributed by atoms with E-state index >= 15 is 0 Å². The minimum absolute atomic E-state index is 0.181. The summed E-state index contributed by atoms with van der Waals surface area (Å²) in [6.07, 6.45) is 9.78. The number of aryl methyl sites for hydroxylation is 2. The van der Waals surface area contributed by atoms with E-state index in [-0.39, 0.29) is 5.63 Å². The minimum atomic E-state index is -0.181. The van der Waals surface area contributed by atoms with Crippen LogP contribution < -0.4 is 15.1 Å². The molecule has 0 saturated heterocycles. The van der Waals surface area contributed by atoms with Gasteiger partial charge in [-0.1, -0.05) is 38.3 Å². The van der Waals surface area contributed by atoms with E-state index in [0.717, 1.165) is 66.5 Å². The average Bonchev–Trinajstić information content (AvgIpc) is 2.81. The SMILES string of the molecule is CCCCCCc1cc2c3c(c(=O)oc2cc1OCc1ccc(OC)cc1)CCCC3. The first-order valence-corrected chi connectivity index (χ1v) is 11.6. The molecule has 1 heterocycles. The molecule has 31 heavy (non-hydrogen) atoms. The highest BCUT2D eigenvalue weighted by Crippen LogP contribution is 2.33.